The molecule has 1 aliphatic carbocycles. The zero-order valence-corrected chi connectivity index (χ0v) is 22.2. The van der Waals surface area contributed by atoms with Gasteiger partial charge in [0, 0.05) is 9.13 Å². The highest BCUT2D eigenvalue weighted by molar-refractivity contribution is 14.1. The van der Waals surface area contributed by atoms with Crippen molar-refractivity contribution in [3.8, 4) is 5.75 Å². The van der Waals surface area contributed by atoms with Gasteiger partial charge in [-0.05, 0) is 88.9 Å². The fraction of sp³-hybridized carbons (Fsp3) is 0.172. The van der Waals surface area contributed by atoms with Gasteiger partial charge in [-0.2, -0.15) is 0 Å². The third-order valence-corrected chi connectivity index (χ3v) is 8.54. The van der Waals surface area contributed by atoms with Crippen molar-refractivity contribution in [3.05, 3.63) is 124 Å². The van der Waals surface area contributed by atoms with Crippen LogP contribution in [0.2, 0.25) is 0 Å². The molecule has 2 heterocycles. The Labute approximate surface area is 221 Å². The number of benzene rings is 3. The number of hydrogen-bond acceptors (Lipinski definition) is 4. The highest BCUT2D eigenvalue weighted by atomic mass is 127. The monoisotopic (exact) mass is 590 g/mol. The number of rotatable bonds is 4. The Hall–Kier alpha value is -2.97. The van der Waals surface area contributed by atoms with Crippen LogP contribution in [-0.2, 0) is 6.42 Å². The molecule has 0 radical (unpaired) electrons. The average molecular weight is 590 g/mol. The third kappa shape index (κ3) is 3.98. The zero-order chi connectivity index (χ0) is 23.9. The Bertz CT molecular complexity index is 1650. The molecule has 4 aromatic rings. The lowest BCUT2D eigenvalue weighted by atomic mass is 9.83. The first-order chi connectivity index (χ1) is 17.1. The number of ether oxygens (including phenoxy) is 1. The molecule has 2 aliphatic rings. The van der Waals surface area contributed by atoms with E-state index in [1.807, 2.05) is 47.9 Å². The van der Waals surface area contributed by atoms with E-state index in [-0.39, 0.29) is 11.6 Å². The van der Waals surface area contributed by atoms with E-state index in [2.05, 4.69) is 65.1 Å². The summed E-state index contributed by atoms with van der Waals surface area (Å²) < 4.78 is 9.39. The Morgan fingerprint density at radius 3 is 2.63 bits per heavy atom. The quantitative estimate of drug-likeness (QED) is 0.302. The summed E-state index contributed by atoms with van der Waals surface area (Å²) in [6, 6.07) is 24.6. The van der Waals surface area contributed by atoms with Crippen LogP contribution in [0.1, 0.15) is 41.6 Å². The summed E-state index contributed by atoms with van der Waals surface area (Å²) in [7, 11) is 0. The van der Waals surface area contributed by atoms with E-state index in [9.17, 15) is 4.79 Å². The zero-order valence-electron chi connectivity index (χ0n) is 19.2. The predicted molar refractivity (Wildman–Crippen MR) is 150 cm³/mol. The summed E-state index contributed by atoms with van der Waals surface area (Å²) in [5, 5.41) is 0. The Morgan fingerprint density at radius 1 is 1.06 bits per heavy atom. The van der Waals surface area contributed by atoms with Crippen molar-refractivity contribution in [3.63, 3.8) is 0 Å². The van der Waals surface area contributed by atoms with Gasteiger partial charge in [0.2, 0.25) is 0 Å². The molecule has 0 spiro atoms. The summed E-state index contributed by atoms with van der Waals surface area (Å²) in [6.45, 7) is 2.61. The second kappa shape index (κ2) is 9.24. The van der Waals surface area contributed by atoms with E-state index in [1.54, 1.807) is 0 Å². The predicted octanol–water partition coefficient (Wildman–Crippen LogP) is 5.32. The number of hydrogen-bond donors (Lipinski definition) is 0. The number of halogens is 1. The molecule has 0 fully saturated rings. The van der Waals surface area contributed by atoms with Gasteiger partial charge in [-0.1, -0.05) is 65.9 Å². The van der Waals surface area contributed by atoms with Crippen LogP contribution in [0, 0.1) is 3.57 Å². The van der Waals surface area contributed by atoms with Gasteiger partial charge in [0.1, 0.15) is 5.75 Å². The van der Waals surface area contributed by atoms with Crippen LogP contribution in [0.25, 0.3) is 11.8 Å². The number of aryl methyl sites for hydroxylation is 1. The van der Waals surface area contributed by atoms with Crippen LogP contribution < -0.4 is 19.6 Å². The minimum atomic E-state index is -0.178. The van der Waals surface area contributed by atoms with Crippen LogP contribution in [-0.4, -0.2) is 11.2 Å². The highest BCUT2D eigenvalue weighted by Gasteiger charge is 2.32. The molecule has 6 rings (SSSR count). The van der Waals surface area contributed by atoms with Crippen molar-refractivity contribution < 1.29 is 4.74 Å². The van der Waals surface area contributed by atoms with Gasteiger partial charge in [-0.15, -0.1) is 0 Å². The molecule has 0 N–H and O–H groups in total. The van der Waals surface area contributed by atoms with Gasteiger partial charge in [0.05, 0.1) is 22.9 Å². The smallest absolute Gasteiger partial charge is 0.271 e. The lowest BCUT2D eigenvalue weighted by Gasteiger charge is -2.30. The summed E-state index contributed by atoms with van der Waals surface area (Å²) in [5.41, 5.74) is 6.87. The number of allylic oxidation sites excluding steroid dienone is 1. The van der Waals surface area contributed by atoms with E-state index >= 15 is 0 Å². The van der Waals surface area contributed by atoms with E-state index in [0.29, 0.717) is 11.1 Å². The third-order valence-electron chi connectivity index (χ3n) is 6.57. The molecule has 1 aromatic heterocycles. The minimum absolute atomic E-state index is 0.0118. The molecular formula is C29H23IN2O2S. The van der Waals surface area contributed by atoms with Gasteiger partial charge < -0.3 is 4.74 Å². The van der Waals surface area contributed by atoms with Crippen LogP contribution in [0.3, 0.4) is 0 Å². The maximum absolute atomic E-state index is 13.8. The first-order valence-corrected chi connectivity index (χ1v) is 13.6. The Balaban J connectivity index is 1.60. The van der Waals surface area contributed by atoms with Gasteiger partial charge >= 0.3 is 0 Å². The Kier molecular flexibility index (Phi) is 5.94. The average Bonchev–Trinajstić information content (AvgIpc) is 3.19. The summed E-state index contributed by atoms with van der Waals surface area (Å²) in [6.07, 6.45) is 3.83. The van der Waals surface area contributed by atoms with Crippen LogP contribution in [0.4, 0.5) is 0 Å². The molecule has 0 amide bonds. The normalized spacial score (nSPS) is 16.9. The van der Waals surface area contributed by atoms with Crippen molar-refractivity contribution in [2.24, 2.45) is 4.99 Å². The van der Waals surface area contributed by atoms with Crippen molar-refractivity contribution in [1.82, 2.24) is 4.57 Å². The molecule has 1 atom stereocenters. The molecule has 3 aromatic carbocycles. The number of aromatic nitrogens is 1. The first kappa shape index (κ1) is 22.5. The molecule has 4 nitrogen and oxygen atoms in total. The van der Waals surface area contributed by atoms with Crippen LogP contribution in [0.15, 0.2) is 88.2 Å². The van der Waals surface area contributed by atoms with Gasteiger partial charge in [-0.3, -0.25) is 9.36 Å². The summed E-state index contributed by atoms with van der Waals surface area (Å²) >= 11 is 3.79. The SMILES string of the molecule is CCOc1ccc([C@@H]2C3=C(N=c4s/c(=C/c5ccccc5I)c(=O)n42)c2ccccc2CC3)cc1. The standard InChI is InChI=1S/C29H23IN2O2S/c1-2-34-21-14-11-19(12-15-21)27-23-16-13-18-7-3-5-9-22(18)26(23)31-29-32(27)28(33)25(35-29)17-20-8-4-6-10-24(20)30/h3-12,14-15,17,27H,2,13,16H2,1H3/b25-17+/t27-/m1/s1. The second-order valence-electron chi connectivity index (χ2n) is 8.64. The molecular weight excluding hydrogens is 567 g/mol. The molecule has 1 aliphatic heterocycles. The molecule has 174 valence electrons. The fourth-order valence-corrected chi connectivity index (χ4v) is 6.50. The molecule has 0 saturated carbocycles. The van der Waals surface area contributed by atoms with E-state index in [0.717, 1.165) is 43.8 Å². The van der Waals surface area contributed by atoms with Crippen LogP contribution >= 0.6 is 33.9 Å². The highest BCUT2D eigenvalue weighted by Crippen LogP contribution is 2.41. The summed E-state index contributed by atoms with van der Waals surface area (Å²) in [4.78, 5) is 19.7. The number of fused-ring (bicyclic) bond motifs is 3. The van der Waals surface area contributed by atoms with Crippen LogP contribution in [0.5, 0.6) is 5.75 Å². The van der Waals surface area contributed by atoms with Crippen molar-refractivity contribution >= 4 is 45.7 Å². The van der Waals surface area contributed by atoms with E-state index < -0.39 is 0 Å². The van der Waals surface area contributed by atoms with Crippen molar-refractivity contribution in [1.29, 1.82) is 0 Å². The van der Waals surface area contributed by atoms with E-state index in [4.69, 9.17) is 9.73 Å². The topological polar surface area (TPSA) is 43.6 Å². The first-order valence-electron chi connectivity index (χ1n) is 11.7. The molecule has 35 heavy (non-hydrogen) atoms. The number of nitrogens with zero attached hydrogens (tertiary/aromatic N) is 2. The van der Waals surface area contributed by atoms with Gasteiger partial charge in [-0.25, -0.2) is 4.99 Å². The largest absolute Gasteiger partial charge is 0.494 e. The second-order valence-corrected chi connectivity index (χ2v) is 10.8. The lowest BCUT2D eigenvalue weighted by Crippen LogP contribution is -2.38. The molecule has 0 bridgehead atoms. The van der Waals surface area contributed by atoms with Gasteiger partial charge in [0.25, 0.3) is 5.56 Å². The molecule has 6 heteroatoms. The minimum Gasteiger partial charge on any atom is -0.494 e. The van der Waals surface area contributed by atoms with Crippen molar-refractivity contribution in [2.45, 2.75) is 25.8 Å². The number of thiazole rings is 1. The van der Waals surface area contributed by atoms with Gasteiger partial charge in [0.15, 0.2) is 4.80 Å². The summed E-state index contributed by atoms with van der Waals surface area (Å²) in [5.74, 6) is 0.838. The lowest BCUT2D eigenvalue weighted by molar-refractivity contribution is 0.340. The molecule has 0 saturated heterocycles. The molecule has 0 unspecified atom stereocenters. The van der Waals surface area contributed by atoms with Crippen molar-refractivity contribution in [2.75, 3.05) is 6.61 Å². The van der Waals surface area contributed by atoms with E-state index in [1.165, 1.54) is 28.0 Å². The maximum atomic E-state index is 13.8. The fourth-order valence-electron chi connectivity index (χ4n) is 4.97. The maximum Gasteiger partial charge on any atom is 0.271 e. The Morgan fingerprint density at radius 2 is 1.83 bits per heavy atom.